The number of nitrogens with zero attached hydrogens (tertiary/aromatic N) is 4. The Kier molecular flexibility index (Phi) is 6.94. The van der Waals surface area contributed by atoms with Gasteiger partial charge in [-0.1, -0.05) is 71.9 Å². The van der Waals surface area contributed by atoms with Crippen LogP contribution in [0.4, 0.5) is 11.4 Å². The molecule has 1 amide bonds. The van der Waals surface area contributed by atoms with E-state index in [-0.39, 0.29) is 16.9 Å². The third-order valence-electron chi connectivity index (χ3n) is 4.51. The standard InChI is InChI=1S/C23H19ClN6OS/c24-17-11-13-18(14-12-17)26-15-20-22(31)30(23(25)32-20)29-21(16-7-3-1-4-8-16)28-27-19-9-5-2-6-10-19/h1-14,20,25-26H,15H2/b25-23?,28-27?,29-21+. The molecule has 7 nitrogen and oxygen atoms in total. The van der Waals surface area contributed by atoms with E-state index in [1.807, 2.05) is 72.8 Å². The Hall–Kier alpha value is -3.49. The third kappa shape index (κ3) is 5.40. The average molecular weight is 463 g/mol. The van der Waals surface area contributed by atoms with Crippen molar-refractivity contribution in [1.29, 1.82) is 5.41 Å². The molecule has 1 aliphatic rings. The highest BCUT2D eigenvalue weighted by Crippen LogP contribution is 2.28. The predicted octanol–water partition coefficient (Wildman–Crippen LogP) is 5.78. The van der Waals surface area contributed by atoms with Gasteiger partial charge in [0, 0.05) is 22.8 Å². The molecule has 0 radical (unpaired) electrons. The van der Waals surface area contributed by atoms with Crippen LogP contribution in [0.3, 0.4) is 0 Å². The number of hydrogen-bond acceptors (Lipinski definition) is 6. The van der Waals surface area contributed by atoms with E-state index < -0.39 is 5.25 Å². The zero-order valence-corrected chi connectivity index (χ0v) is 18.4. The number of halogens is 1. The molecule has 0 spiro atoms. The van der Waals surface area contributed by atoms with Crippen molar-refractivity contribution in [1.82, 2.24) is 5.01 Å². The number of nitrogens with one attached hydrogen (secondary N) is 2. The van der Waals surface area contributed by atoms with Crippen LogP contribution in [0.25, 0.3) is 0 Å². The number of rotatable bonds is 6. The number of carbonyl (C=O) groups is 1. The van der Waals surface area contributed by atoms with Crippen LogP contribution < -0.4 is 5.32 Å². The Bertz CT molecular complexity index is 1150. The first-order valence-corrected chi connectivity index (χ1v) is 11.1. The monoisotopic (exact) mass is 462 g/mol. The van der Waals surface area contributed by atoms with Crippen molar-refractivity contribution in [3.05, 3.63) is 95.5 Å². The van der Waals surface area contributed by atoms with Gasteiger partial charge in [-0.05, 0) is 36.4 Å². The van der Waals surface area contributed by atoms with Crippen LogP contribution in [0.15, 0.2) is 100 Å². The highest BCUT2D eigenvalue weighted by Gasteiger charge is 2.37. The van der Waals surface area contributed by atoms with Crippen molar-refractivity contribution in [3.63, 3.8) is 0 Å². The van der Waals surface area contributed by atoms with E-state index >= 15 is 0 Å². The molecule has 0 aliphatic carbocycles. The third-order valence-corrected chi connectivity index (χ3v) is 5.81. The normalized spacial score (nSPS) is 16.7. The summed E-state index contributed by atoms with van der Waals surface area (Å²) in [7, 11) is 0. The maximum absolute atomic E-state index is 13.0. The number of hydrazone groups is 1. The maximum Gasteiger partial charge on any atom is 0.264 e. The molecule has 2 N–H and O–H groups in total. The van der Waals surface area contributed by atoms with Gasteiger partial charge < -0.3 is 5.32 Å². The van der Waals surface area contributed by atoms with Gasteiger partial charge in [-0.15, -0.1) is 15.3 Å². The summed E-state index contributed by atoms with van der Waals surface area (Å²) in [5.41, 5.74) is 2.21. The lowest BCUT2D eigenvalue weighted by molar-refractivity contribution is -0.125. The highest BCUT2D eigenvalue weighted by molar-refractivity contribution is 8.15. The second-order valence-corrected chi connectivity index (χ2v) is 8.40. The van der Waals surface area contributed by atoms with E-state index in [1.165, 1.54) is 0 Å². The van der Waals surface area contributed by atoms with E-state index in [2.05, 4.69) is 20.6 Å². The molecule has 1 heterocycles. The van der Waals surface area contributed by atoms with Crippen LogP contribution in [0.5, 0.6) is 0 Å². The van der Waals surface area contributed by atoms with Gasteiger partial charge in [-0.2, -0.15) is 5.01 Å². The smallest absolute Gasteiger partial charge is 0.264 e. The quantitative estimate of drug-likeness (QED) is 0.276. The molecule has 1 atom stereocenters. The summed E-state index contributed by atoms with van der Waals surface area (Å²) in [6.45, 7) is 0.353. The Balaban J connectivity index is 1.54. The Morgan fingerprint density at radius 3 is 2.34 bits per heavy atom. The molecular formula is C23H19ClN6OS. The predicted molar refractivity (Wildman–Crippen MR) is 130 cm³/mol. The van der Waals surface area contributed by atoms with Crippen LogP contribution in [0.1, 0.15) is 5.56 Å². The van der Waals surface area contributed by atoms with Crippen LogP contribution in [-0.2, 0) is 4.79 Å². The minimum atomic E-state index is -0.481. The van der Waals surface area contributed by atoms with E-state index in [4.69, 9.17) is 17.0 Å². The number of hydrogen-bond donors (Lipinski definition) is 2. The summed E-state index contributed by atoms with van der Waals surface area (Å²) in [4.78, 5) is 13.0. The van der Waals surface area contributed by atoms with Gasteiger partial charge in [0.1, 0.15) is 5.25 Å². The minimum Gasteiger partial charge on any atom is -0.383 e. The number of thioether (sulfide) groups is 1. The lowest BCUT2D eigenvalue weighted by Gasteiger charge is -2.11. The van der Waals surface area contributed by atoms with E-state index in [0.717, 1.165) is 22.5 Å². The number of azo groups is 1. The van der Waals surface area contributed by atoms with Gasteiger partial charge in [-0.3, -0.25) is 10.2 Å². The molecule has 160 valence electrons. The molecule has 1 saturated heterocycles. The SMILES string of the molecule is N=C1SC(CNc2ccc(Cl)cc2)C(=O)N1/N=C(/N=Nc1ccccc1)c1ccccc1. The molecule has 1 aliphatic heterocycles. The van der Waals surface area contributed by atoms with Crippen molar-refractivity contribution in [2.24, 2.45) is 15.3 Å². The summed E-state index contributed by atoms with van der Waals surface area (Å²) in [5, 5.41) is 25.7. The fourth-order valence-corrected chi connectivity index (χ4v) is 3.88. The zero-order valence-electron chi connectivity index (χ0n) is 16.9. The van der Waals surface area contributed by atoms with Crippen molar-refractivity contribution in [3.8, 4) is 0 Å². The molecule has 3 aromatic rings. The van der Waals surface area contributed by atoms with Crippen molar-refractivity contribution < 1.29 is 4.79 Å². The average Bonchev–Trinajstić information content (AvgIpc) is 3.10. The maximum atomic E-state index is 13.0. The molecule has 0 aromatic heterocycles. The van der Waals surface area contributed by atoms with E-state index in [9.17, 15) is 4.79 Å². The van der Waals surface area contributed by atoms with E-state index in [0.29, 0.717) is 22.8 Å². The first kappa shape index (κ1) is 21.7. The molecule has 0 bridgehead atoms. The second-order valence-electron chi connectivity index (χ2n) is 6.77. The van der Waals surface area contributed by atoms with Gasteiger partial charge in [0.25, 0.3) is 5.91 Å². The Morgan fingerprint density at radius 1 is 1.00 bits per heavy atom. The molecule has 3 aromatic carbocycles. The van der Waals surface area contributed by atoms with Gasteiger partial charge in [-0.25, -0.2) is 0 Å². The summed E-state index contributed by atoms with van der Waals surface area (Å²) in [5.74, 6) is -0.0377. The van der Waals surface area contributed by atoms with Crippen LogP contribution in [0, 0.1) is 5.41 Å². The molecule has 9 heteroatoms. The summed E-state index contributed by atoms with van der Waals surface area (Å²) in [6, 6.07) is 25.7. The molecular weight excluding hydrogens is 444 g/mol. The number of amidine groups is 2. The number of benzene rings is 3. The van der Waals surface area contributed by atoms with Crippen molar-refractivity contribution in [2.45, 2.75) is 5.25 Å². The van der Waals surface area contributed by atoms with Crippen LogP contribution in [0.2, 0.25) is 5.02 Å². The summed E-state index contributed by atoms with van der Waals surface area (Å²) >= 11 is 7.06. The largest absolute Gasteiger partial charge is 0.383 e. The first-order valence-electron chi connectivity index (χ1n) is 9.79. The number of anilines is 1. The van der Waals surface area contributed by atoms with Crippen molar-refractivity contribution >= 4 is 51.6 Å². The van der Waals surface area contributed by atoms with Gasteiger partial charge >= 0.3 is 0 Å². The van der Waals surface area contributed by atoms with Gasteiger partial charge in [0.2, 0.25) is 5.84 Å². The van der Waals surface area contributed by atoms with Crippen LogP contribution in [-0.4, -0.2) is 33.7 Å². The zero-order chi connectivity index (χ0) is 22.3. The fraction of sp³-hybridized carbons (Fsp3) is 0.0870. The molecule has 32 heavy (non-hydrogen) atoms. The highest BCUT2D eigenvalue weighted by atomic mass is 35.5. The van der Waals surface area contributed by atoms with Crippen LogP contribution >= 0.6 is 23.4 Å². The van der Waals surface area contributed by atoms with E-state index in [1.54, 1.807) is 12.1 Å². The summed E-state index contributed by atoms with van der Waals surface area (Å²) in [6.07, 6.45) is 0. The van der Waals surface area contributed by atoms with Gasteiger partial charge in [0.05, 0.1) is 5.69 Å². The van der Waals surface area contributed by atoms with Gasteiger partial charge in [0.15, 0.2) is 5.17 Å². The summed E-state index contributed by atoms with van der Waals surface area (Å²) < 4.78 is 0. The molecule has 4 rings (SSSR count). The topological polar surface area (TPSA) is 93.3 Å². The Morgan fingerprint density at radius 2 is 1.66 bits per heavy atom. The first-order chi connectivity index (χ1) is 15.6. The van der Waals surface area contributed by atoms with Crippen molar-refractivity contribution in [2.75, 3.05) is 11.9 Å². The molecule has 1 unspecified atom stereocenters. The Labute approximate surface area is 194 Å². The second kappa shape index (κ2) is 10.2. The lowest BCUT2D eigenvalue weighted by atomic mass is 10.2. The minimum absolute atomic E-state index is 0.0428. The number of carbonyl (C=O) groups excluding carboxylic acids is 1. The lowest BCUT2D eigenvalue weighted by Crippen LogP contribution is -2.31. The fourth-order valence-electron chi connectivity index (χ4n) is 2.89. The molecule has 1 fully saturated rings. The number of amides is 1. The molecule has 0 saturated carbocycles.